The Morgan fingerprint density at radius 1 is 0.971 bits per heavy atom. The van der Waals surface area contributed by atoms with Crippen LogP contribution in [-0.2, 0) is 19.1 Å². The number of ether oxygens (including phenoxy) is 1. The van der Waals surface area contributed by atoms with Gasteiger partial charge in [-0.1, -0.05) is 19.1 Å². The molecular formula is C26H26N2O6. The lowest BCUT2D eigenvalue weighted by atomic mass is 9.76. The Morgan fingerprint density at radius 3 is 2.38 bits per heavy atom. The molecule has 1 aliphatic heterocycles. The van der Waals surface area contributed by atoms with Gasteiger partial charge in [0.1, 0.15) is 0 Å². The van der Waals surface area contributed by atoms with Crippen LogP contribution in [0.25, 0.3) is 0 Å². The van der Waals surface area contributed by atoms with Crippen molar-refractivity contribution >= 4 is 40.8 Å². The van der Waals surface area contributed by atoms with E-state index in [1.54, 1.807) is 36.4 Å². The van der Waals surface area contributed by atoms with Gasteiger partial charge < -0.3 is 10.1 Å². The Morgan fingerprint density at radius 2 is 1.68 bits per heavy atom. The number of anilines is 2. The number of carbonyl (C=O) groups excluding carboxylic acids is 5. The fourth-order valence-corrected chi connectivity index (χ4v) is 4.62. The van der Waals surface area contributed by atoms with Crippen LogP contribution in [0.15, 0.2) is 48.5 Å². The van der Waals surface area contributed by atoms with Crippen LogP contribution in [0.5, 0.6) is 0 Å². The van der Waals surface area contributed by atoms with Crippen molar-refractivity contribution in [3.8, 4) is 0 Å². The van der Waals surface area contributed by atoms with Crippen molar-refractivity contribution in [3.63, 3.8) is 0 Å². The highest BCUT2D eigenvalue weighted by Gasteiger charge is 2.49. The summed E-state index contributed by atoms with van der Waals surface area (Å²) in [6, 6.07) is 12.5. The lowest BCUT2D eigenvalue weighted by molar-refractivity contribution is -0.122. The number of imide groups is 1. The van der Waals surface area contributed by atoms with E-state index in [9.17, 15) is 24.0 Å². The maximum absolute atomic E-state index is 12.9. The minimum atomic E-state index is -0.708. The molecule has 2 fully saturated rings. The molecule has 1 saturated carbocycles. The molecule has 1 aliphatic carbocycles. The molecule has 1 saturated heterocycles. The second-order valence-corrected chi connectivity index (χ2v) is 8.95. The van der Waals surface area contributed by atoms with Crippen molar-refractivity contribution < 1.29 is 28.7 Å². The Kier molecular flexibility index (Phi) is 6.58. The number of nitrogens with one attached hydrogen (secondary N) is 1. The summed E-state index contributed by atoms with van der Waals surface area (Å²) in [7, 11) is 0. The number of esters is 1. The normalized spacial score (nSPS) is 21.7. The summed E-state index contributed by atoms with van der Waals surface area (Å²) in [5.41, 5.74) is 1.50. The zero-order chi connectivity index (χ0) is 24.4. The largest absolute Gasteiger partial charge is 0.452 e. The smallest absolute Gasteiger partial charge is 0.338 e. The van der Waals surface area contributed by atoms with E-state index in [4.69, 9.17) is 4.74 Å². The third kappa shape index (κ3) is 4.76. The molecule has 0 radical (unpaired) electrons. The summed E-state index contributed by atoms with van der Waals surface area (Å²) >= 11 is 0. The first-order valence-corrected chi connectivity index (χ1v) is 11.3. The van der Waals surface area contributed by atoms with Crippen molar-refractivity contribution in [2.45, 2.75) is 33.1 Å². The first-order chi connectivity index (χ1) is 16.2. The first kappa shape index (κ1) is 23.4. The highest BCUT2D eigenvalue weighted by atomic mass is 16.5. The van der Waals surface area contributed by atoms with E-state index in [-0.39, 0.29) is 35.0 Å². The molecular weight excluding hydrogens is 436 g/mol. The van der Waals surface area contributed by atoms with E-state index in [0.29, 0.717) is 22.9 Å². The lowest BCUT2D eigenvalue weighted by Crippen LogP contribution is -2.30. The molecule has 8 heteroatoms. The van der Waals surface area contributed by atoms with Crippen molar-refractivity contribution in [3.05, 3.63) is 59.7 Å². The number of hydrogen-bond donors (Lipinski definition) is 1. The van der Waals surface area contributed by atoms with Gasteiger partial charge in [-0.25, -0.2) is 4.79 Å². The third-order valence-corrected chi connectivity index (χ3v) is 6.44. The number of carbonyl (C=O) groups is 5. The maximum atomic E-state index is 12.9. The zero-order valence-electron chi connectivity index (χ0n) is 19.1. The summed E-state index contributed by atoms with van der Waals surface area (Å²) in [6.45, 7) is 3.02. The standard InChI is InChI=1S/C26H26N2O6/c1-15-6-11-21-22(12-15)25(32)28(24(21)31)20-9-7-17(8-10-20)26(33)34-14-23(30)27-19-5-3-4-18(13-19)16(2)29/h3-5,7-10,13,15,21-22H,6,11-12,14H2,1-2H3,(H,27,30)/t15-,21+,22+/m0/s1. The summed E-state index contributed by atoms with van der Waals surface area (Å²) in [5.74, 6) is -1.85. The molecule has 2 aromatic rings. The summed E-state index contributed by atoms with van der Waals surface area (Å²) in [5, 5.41) is 2.58. The Labute approximate surface area is 197 Å². The molecule has 0 spiro atoms. The van der Waals surface area contributed by atoms with Crippen LogP contribution in [0.2, 0.25) is 0 Å². The van der Waals surface area contributed by atoms with Crippen LogP contribution in [0.1, 0.15) is 53.8 Å². The van der Waals surface area contributed by atoms with Gasteiger partial charge >= 0.3 is 5.97 Å². The van der Waals surface area contributed by atoms with Crippen LogP contribution in [0.4, 0.5) is 11.4 Å². The monoisotopic (exact) mass is 462 g/mol. The van der Waals surface area contributed by atoms with Gasteiger partial charge in [0.2, 0.25) is 11.8 Å². The van der Waals surface area contributed by atoms with Crippen LogP contribution in [-0.4, -0.2) is 36.1 Å². The van der Waals surface area contributed by atoms with Crippen LogP contribution >= 0.6 is 0 Å². The lowest BCUT2D eigenvalue weighted by Gasteiger charge is -2.25. The molecule has 1 heterocycles. The molecule has 3 amide bonds. The van der Waals surface area contributed by atoms with Crippen LogP contribution in [0.3, 0.4) is 0 Å². The fraction of sp³-hybridized carbons (Fsp3) is 0.346. The highest BCUT2D eigenvalue weighted by Crippen LogP contribution is 2.42. The average Bonchev–Trinajstić information content (AvgIpc) is 3.07. The Hall–Kier alpha value is -3.81. The number of Topliss-reactive ketones (excluding diaryl/α,β-unsaturated/α-hetero) is 1. The molecule has 4 rings (SSSR count). The summed E-state index contributed by atoms with van der Waals surface area (Å²) < 4.78 is 5.07. The second kappa shape index (κ2) is 9.59. The van der Waals surface area contributed by atoms with Gasteiger partial charge in [0.05, 0.1) is 23.1 Å². The summed E-state index contributed by atoms with van der Waals surface area (Å²) in [6.07, 6.45) is 2.38. The second-order valence-electron chi connectivity index (χ2n) is 8.95. The van der Waals surface area contributed by atoms with Crippen molar-refractivity contribution in [1.29, 1.82) is 0 Å². The molecule has 3 atom stereocenters. The Balaban J connectivity index is 1.35. The molecule has 176 valence electrons. The van der Waals surface area contributed by atoms with E-state index in [1.165, 1.54) is 24.0 Å². The molecule has 0 unspecified atom stereocenters. The number of rotatable bonds is 6. The van der Waals surface area contributed by atoms with Gasteiger partial charge in [0.15, 0.2) is 12.4 Å². The summed E-state index contributed by atoms with van der Waals surface area (Å²) in [4.78, 5) is 62.8. The number of hydrogen-bond acceptors (Lipinski definition) is 6. The van der Waals surface area contributed by atoms with Crippen molar-refractivity contribution in [2.24, 2.45) is 17.8 Å². The van der Waals surface area contributed by atoms with Gasteiger partial charge in [0, 0.05) is 11.3 Å². The molecule has 1 N–H and O–H groups in total. The molecule has 0 aromatic heterocycles. The van der Waals surface area contributed by atoms with Gasteiger partial charge in [-0.15, -0.1) is 0 Å². The van der Waals surface area contributed by atoms with Crippen LogP contribution in [0, 0.1) is 17.8 Å². The predicted octanol–water partition coefficient (Wildman–Crippen LogP) is 3.61. The number of ketones is 1. The molecule has 0 bridgehead atoms. The van der Waals surface area contributed by atoms with Gasteiger partial charge in [-0.3, -0.25) is 24.1 Å². The van der Waals surface area contributed by atoms with E-state index in [2.05, 4.69) is 12.2 Å². The number of fused-ring (bicyclic) bond motifs is 1. The van der Waals surface area contributed by atoms with Crippen LogP contribution < -0.4 is 10.2 Å². The zero-order valence-corrected chi connectivity index (χ0v) is 19.1. The molecule has 2 aliphatic rings. The van der Waals surface area contributed by atoms with E-state index in [1.807, 2.05) is 0 Å². The van der Waals surface area contributed by atoms with Gasteiger partial charge in [0.25, 0.3) is 5.91 Å². The van der Waals surface area contributed by atoms with Gasteiger partial charge in [-0.05, 0) is 68.5 Å². The number of benzene rings is 2. The van der Waals surface area contributed by atoms with Crippen molar-refractivity contribution in [1.82, 2.24) is 0 Å². The van der Waals surface area contributed by atoms with Crippen molar-refractivity contribution in [2.75, 3.05) is 16.8 Å². The molecule has 34 heavy (non-hydrogen) atoms. The minimum Gasteiger partial charge on any atom is -0.452 e. The topological polar surface area (TPSA) is 110 Å². The third-order valence-electron chi connectivity index (χ3n) is 6.44. The highest BCUT2D eigenvalue weighted by molar-refractivity contribution is 6.22. The molecule has 8 nitrogen and oxygen atoms in total. The van der Waals surface area contributed by atoms with E-state index >= 15 is 0 Å². The maximum Gasteiger partial charge on any atom is 0.338 e. The average molecular weight is 463 g/mol. The van der Waals surface area contributed by atoms with Gasteiger partial charge in [-0.2, -0.15) is 0 Å². The Bertz CT molecular complexity index is 1160. The first-order valence-electron chi connectivity index (χ1n) is 11.3. The molecule has 2 aromatic carbocycles. The number of amides is 3. The fourth-order valence-electron chi connectivity index (χ4n) is 4.62. The quantitative estimate of drug-likeness (QED) is 0.399. The predicted molar refractivity (Wildman–Crippen MR) is 124 cm³/mol. The SMILES string of the molecule is CC(=O)c1cccc(NC(=O)COC(=O)c2ccc(N3C(=O)[C@@H]4CC[C@H](C)C[C@H]4C3=O)cc2)c1. The number of nitrogens with zero attached hydrogens (tertiary/aromatic N) is 1. The minimum absolute atomic E-state index is 0.128. The van der Waals surface area contributed by atoms with E-state index in [0.717, 1.165) is 19.3 Å². The van der Waals surface area contributed by atoms with E-state index < -0.39 is 18.5 Å².